The summed E-state index contributed by atoms with van der Waals surface area (Å²) in [5, 5.41) is 25.5. The number of nitrogens with one attached hydrogen (secondary N) is 2. The average Bonchev–Trinajstić information content (AvgIpc) is 3.60. The number of carbonyl (C=O) groups is 2. The average molecular weight is 560 g/mol. The van der Waals surface area contributed by atoms with Crippen LogP contribution in [0, 0.1) is 13.5 Å². The molecule has 0 aromatic carbocycles. The number of anilines is 2. The molecule has 198 valence electrons. The van der Waals surface area contributed by atoms with Crippen molar-refractivity contribution >= 4 is 50.4 Å². The predicted octanol–water partition coefficient (Wildman–Crippen LogP) is 4.84. The number of hydrogen-bond donors (Lipinski definition) is 2. The summed E-state index contributed by atoms with van der Waals surface area (Å²) >= 11 is 2.80. The number of nitrogens with zero attached hydrogens (tertiary/aromatic N) is 7. The van der Waals surface area contributed by atoms with Crippen molar-refractivity contribution in [2.45, 2.75) is 57.3 Å². The zero-order chi connectivity index (χ0) is 27.2. The van der Waals surface area contributed by atoms with Gasteiger partial charge in [0.05, 0.1) is 19.4 Å². The third-order valence-corrected chi connectivity index (χ3v) is 8.34. The van der Waals surface area contributed by atoms with Gasteiger partial charge < -0.3 is 10.6 Å². The van der Waals surface area contributed by atoms with E-state index >= 15 is 0 Å². The normalized spacial score (nSPS) is 16.8. The number of aromatic nitrogens is 6. The Balaban J connectivity index is 1.14. The summed E-state index contributed by atoms with van der Waals surface area (Å²) in [5.74, 6) is 0.0282. The minimum Gasteiger partial charge on any atom is -0.300 e. The SMILES string of the molecule is [C-]#[N+]c1ccc(CC(=O)Nc2nnc([C@H]3CCC[C@H](c4nnc(NC(=O)Cc5ccc(C)cn5)s4)C3)s2)nc1. The molecule has 1 aliphatic carbocycles. The summed E-state index contributed by atoms with van der Waals surface area (Å²) in [7, 11) is 0. The van der Waals surface area contributed by atoms with Gasteiger partial charge in [0.1, 0.15) is 10.0 Å². The smallest absolute Gasteiger partial charge is 0.232 e. The lowest BCUT2D eigenvalue weighted by Gasteiger charge is -2.25. The lowest BCUT2D eigenvalue weighted by atomic mass is 9.82. The molecule has 11 nitrogen and oxygen atoms in total. The fraction of sp³-hybridized carbons (Fsp3) is 0.346. The van der Waals surface area contributed by atoms with Gasteiger partial charge in [0.15, 0.2) is 0 Å². The topological polar surface area (TPSA) is 140 Å². The summed E-state index contributed by atoms with van der Waals surface area (Å²) in [4.78, 5) is 36.6. The fourth-order valence-electron chi connectivity index (χ4n) is 4.38. The molecule has 2 atom stereocenters. The van der Waals surface area contributed by atoms with Gasteiger partial charge in [-0.1, -0.05) is 47.3 Å². The molecule has 0 radical (unpaired) electrons. The molecular weight excluding hydrogens is 534 g/mol. The highest BCUT2D eigenvalue weighted by molar-refractivity contribution is 7.15. The molecule has 4 heterocycles. The number of hydrogen-bond acceptors (Lipinski definition) is 10. The lowest BCUT2D eigenvalue weighted by molar-refractivity contribution is -0.116. The van der Waals surface area contributed by atoms with Crippen LogP contribution in [0.4, 0.5) is 16.0 Å². The number of aryl methyl sites for hydroxylation is 1. The molecular formula is C26H25N9O2S2. The van der Waals surface area contributed by atoms with Crippen molar-refractivity contribution in [3.8, 4) is 0 Å². The lowest BCUT2D eigenvalue weighted by Crippen LogP contribution is -2.15. The quantitative estimate of drug-likeness (QED) is 0.292. The molecule has 13 heteroatoms. The first-order valence-corrected chi connectivity index (χ1v) is 14.1. The van der Waals surface area contributed by atoms with Gasteiger partial charge >= 0.3 is 0 Å². The van der Waals surface area contributed by atoms with E-state index < -0.39 is 0 Å². The van der Waals surface area contributed by atoms with Gasteiger partial charge in [-0.3, -0.25) is 19.6 Å². The Bertz CT molecular complexity index is 1490. The van der Waals surface area contributed by atoms with Gasteiger partial charge in [-0.2, -0.15) is 0 Å². The first-order chi connectivity index (χ1) is 18.9. The van der Waals surface area contributed by atoms with E-state index in [1.54, 1.807) is 18.3 Å². The summed E-state index contributed by atoms with van der Waals surface area (Å²) in [6, 6.07) is 7.10. The van der Waals surface area contributed by atoms with E-state index in [9.17, 15) is 9.59 Å². The zero-order valence-electron chi connectivity index (χ0n) is 21.1. The van der Waals surface area contributed by atoms with Crippen LogP contribution in [0.1, 0.15) is 64.5 Å². The molecule has 0 bridgehead atoms. The highest BCUT2D eigenvalue weighted by atomic mass is 32.1. The standard InChI is InChI=1S/C26H25N9O2S2/c1-15-6-7-18(28-13-15)11-21(36)30-25-34-32-23(38-25)16-4-3-5-17(10-16)24-33-35-26(39-24)31-22(37)12-19-8-9-20(27-2)14-29-19/h6-9,13-14,16-17H,3-5,10-12H2,1H3,(H,30,34,36)(H,31,35,37)/t16-,17-/m0/s1. The van der Waals surface area contributed by atoms with Gasteiger partial charge in [-0.25, -0.2) is 4.85 Å². The van der Waals surface area contributed by atoms with Crippen molar-refractivity contribution < 1.29 is 9.59 Å². The van der Waals surface area contributed by atoms with Crippen molar-refractivity contribution in [3.63, 3.8) is 0 Å². The third-order valence-electron chi connectivity index (χ3n) is 6.34. The van der Waals surface area contributed by atoms with E-state index in [-0.39, 0.29) is 36.5 Å². The van der Waals surface area contributed by atoms with Gasteiger partial charge in [-0.15, -0.1) is 20.4 Å². The van der Waals surface area contributed by atoms with Gasteiger partial charge in [0.2, 0.25) is 27.8 Å². The first-order valence-electron chi connectivity index (χ1n) is 12.5. The second-order valence-corrected chi connectivity index (χ2v) is 11.4. The number of amides is 2. The Morgan fingerprint density at radius 2 is 1.44 bits per heavy atom. The molecule has 1 aliphatic rings. The maximum atomic E-state index is 12.4. The Kier molecular flexibility index (Phi) is 8.24. The van der Waals surface area contributed by atoms with Crippen LogP contribution < -0.4 is 10.6 Å². The summed E-state index contributed by atoms with van der Waals surface area (Å²) in [6.45, 7) is 8.94. The van der Waals surface area contributed by atoms with Gasteiger partial charge in [0.25, 0.3) is 0 Å². The molecule has 1 saturated carbocycles. The molecule has 4 aromatic rings. The van der Waals surface area contributed by atoms with Crippen LogP contribution in [-0.2, 0) is 22.4 Å². The Hall–Kier alpha value is -4.15. The summed E-state index contributed by atoms with van der Waals surface area (Å²) in [5.41, 5.74) is 2.77. The molecule has 5 rings (SSSR count). The van der Waals surface area contributed by atoms with Crippen LogP contribution in [-0.4, -0.2) is 42.2 Å². The molecule has 4 aromatic heterocycles. The van der Waals surface area contributed by atoms with E-state index in [1.165, 1.54) is 28.9 Å². The van der Waals surface area contributed by atoms with Crippen molar-refractivity contribution in [1.82, 2.24) is 30.4 Å². The second kappa shape index (κ2) is 12.1. The molecule has 0 aliphatic heterocycles. The number of pyridine rings is 2. The van der Waals surface area contributed by atoms with Gasteiger partial charge in [-0.05, 0) is 37.8 Å². The van der Waals surface area contributed by atoms with E-state index in [0.29, 0.717) is 27.3 Å². The molecule has 39 heavy (non-hydrogen) atoms. The van der Waals surface area contributed by atoms with E-state index in [2.05, 4.69) is 45.8 Å². The third kappa shape index (κ3) is 7.04. The van der Waals surface area contributed by atoms with Crippen molar-refractivity contribution in [3.05, 3.63) is 75.0 Å². The zero-order valence-corrected chi connectivity index (χ0v) is 22.8. The van der Waals surface area contributed by atoms with Crippen LogP contribution in [0.2, 0.25) is 0 Å². The second-order valence-electron chi connectivity index (χ2n) is 9.35. The van der Waals surface area contributed by atoms with Crippen LogP contribution in [0.15, 0.2) is 36.7 Å². The molecule has 2 N–H and O–H groups in total. The van der Waals surface area contributed by atoms with Crippen LogP contribution in [0.3, 0.4) is 0 Å². The maximum Gasteiger partial charge on any atom is 0.232 e. The Labute approximate surface area is 233 Å². The fourth-order valence-corrected chi connectivity index (χ4v) is 6.20. The minimum atomic E-state index is -0.233. The molecule has 2 amide bonds. The minimum absolute atomic E-state index is 0.0934. The highest BCUT2D eigenvalue weighted by Gasteiger charge is 2.29. The number of rotatable bonds is 8. The van der Waals surface area contributed by atoms with Crippen molar-refractivity contribution in [2.75, 3.05) is 10.6 Å². The Morgan fingerprint density at radius 1 is 0.872 bits per heavy atom. The van der Waals surface area contributed by atoms with E-state index in [1.807, 2.05) is 19.1 Å². The van der Waals surface area contributed by atoms with E-state index in [0.717, 1.165) is 41.3 Å². The van der Waals surface area contributed by atoms with E-state index in [4.69, 9.17) is 6.57 Å². The van der Waals surface area contributed by atoms with Crippen LogP contribution in [0.5, 0.6) is 0 Å². The van der Waals surface area contributed by atoms with Crippen LogP contribution in [0.25, 0.3) is 4.85 Å². The van der Waals surface area contributed by atoms with Crippen molar-refractivity contribution in [2.24, 2.45) is 0 Å². The van der Waals surface area contributed by atoms with Crippen LogP contribution >= 0.6 is 22.7 Å². The predicted molar refractivity (Wildman–Crippen MR) is 148 cm³/mol. The van der Waals surface area contributed by atoms with Gasteiger partial charge in [0, 0.05) is 35.6 Å². The molecule has 0 saturated heterocycles. The monoisotopic (exact) mass is 559 g/mol. The highest BCUT2D eigenvalue weighted by Crippen LogP contribution is 2.43. The Morgan fingerprint density at radius 3 is 1.92 bits per heavy atom. The molecule has 0 spiro atoms. The van der Waals surface area contributed by atoms with Crippen molar-refractivity contribution in [1.29, 1.82) is 0 Å². The maximum absolute atomic E-state index is 12.4. The molecule has 0 unspecified atom stereocenters. The number of carbonyl (C=O) groups excluding carboxylic acids is 2. The summed E-state index contributed by atoms with van der Waals surface area (Å²) < 4.78 is 0. The first kappa shape index (κ1) is 26.5. The molecule has 1 fully saturated rings. The summed E-state index contributed by atoms with van der Waals surface area (Å²) in [6.07, 6.45) is 7.33. The largest absolute Gasteiger partial charge is 0.300 e.